The number of aromatic nitrogens is 2. The molecule has 10 nitrogen and oxygen atoms in total. The summed E-state index contributed by atoms with van der Waals surface area (Å²) in [6.45, 7) is -0.249. The van der Waals surface area contributed by atoms with Gasteiger partial charge in [-0.05, 0) is 18.2 Å². The van der Waals surface area contributed by atoms with E-state index in [2.05, 4.69) is 10.4 Å². The molecule has 0 aliphatic carbocycles. The highest BCUT2D eigenvalue weighted by Gasteiger charge is 2.21. The van der Waals surface area contributed by atoms with E-state index in [1.54, 1.807) is 18.2 Å². The van der Waals surface area contributed by atoms with Crippen LogP contribution >= 0.6 is 22.9 Å². The molecule has 1 N–H and O–H groups in total. The van der Waals surface area contributed by atoms with Gasteiger partial charge in [0.15, 0.2) is 0 Å². The number of nitrogens with zero attached hydrogens (tertiary/aromatic N) is 3. The summed E-state index contributed by atoms with van der Waals surface area (Å²) in [5, 5.41) is 18.4. The minimum Gasteiger partial charge on any atom is -0.475 e. The lowest BCUT2D eigenvalue weighted by Gasteiger charge is -2.05. The summed E-state index contributed by atoms with van der Waals surface area (Å²) in [5.74, 6) is -1.16. The number of esters is 1. The van der Waals surface area contributed by atoms with E-state index >= 15 is 0 Å². The van der Waals surface area contributed by atoms with Crippen molar-refractivity contribution in [3.05, 3.63) is 44.4 Å². The van der Waals surface area contributed by atoms with Crippen LogP contribution in [0.5, 0.6) is 5.88 Å². The molecule has 12 heteroatoms. The highest BCUT2D eigenvalue weighted by Crippen LogP contribution is 2.37. The number of carbonyl (C=O) groups is 2. The van der Waals surface area contributed by atoms with E-state index in [1.165, 1.54) is 14.2 Å². The average Bonchev–Trinajstić information content (AvgIpc) is 3.22. The van der Waals surface area contributed by atoms with Gasteiger partial charge in [0.05, 0.1) is 24.2 Å². The number of amides is 1. The largest absolute Gasteiger partial charge is 0.475 e. The highest BCUT2D eigenvalue weighted by atomic mass is 35.5. The number of hydrogen-bond acceptors (Lipinski definition) is 8. The van der Waals surface area contributed by atoms with Crippen molar-refractivity contribution < 1.29 is 24.0 Å². The van der Waals surface area contributed by atoms with E-state index in [0.29, 0.717) is 20.8 Å². The number of thiophene rings is 1. The van der Waals surface area contributed by atoms with E-state index in [-0.39, 0.29) is 23.0 Å². The number of methoxy groups -OCH3 is 2. The maximum absolute atomic E-state index is 12.2. The van der Waals surface area contributed by atoms with Crippen molar-refractivity contribution in [3.8, 4) is 5.88 Å². The third kappa shape index (κ3) is 3.75. The molecule has 1 amide bonds. The minimum atomic E-state index is -0.645. The summed E-state index contributed by atoms with van der Waals surface area (Å²) in [6, 6.07) is 4.98. The van der Waals surface area contributed by atoms with Crippen molar-refractivity contribution in [1.29, 1.82) is 0 Å². The molecule has 146 valence electrons. The standard InChI is InChI=1S/C16H13ClN4O6S/c1-26-15-10(21(24)25)6-20(19-15)7-12(22)18-8-3-4-9-11(5-8)28-14(13(9)17)16(23)27-2/h3-6H,7H2,1-2H3,(H,18,22). The Morgan fingerprint density at radius 1 is 1.39 bits per heavy atom. The van der Waals surface area contributed by atoms with Crippen LogP contribution in [0.2, 0.25) is 5.02 Å². The third-order valence-electron chi connectivity index (χ3n) is 3.69. The van der Waals surface area contributed by atoms with Crippen LogP contribution < -0.4 is 10.1 Å². The molecule has 2 heterocycles. The number of hydrogen-bond donors (Lipinski definition) is 1. The smallest absolute Gasteiger partial charge is 0.350 e. The van der Waals surface area contributed by atoms with Gasteiger partial charge in [0.2, 0.25) is 5.91 Å². The molecule has 0 radical (unpaired) electrons. The minimum absolute atomic E-state index is 0.178. The van der Waals surface area contributed by atoms with Gasteiger partial charge in [0.25, 0.3) is 0 Å². The summed E-state index contributed by atoms with van der Waals surface area (Å²) in [5.41, 5.74) is 0.140. The molecule has 1 aromatic carbocycles. The van der Waals surface area contributed by atoms with E-state index in [0.717, 1.165) is 22.2 Å². The average molecular weight is 425 g/mol. The SMILES string of the molecule is COC(=O)c1sc2cc(NC(=O)Cn3cc([N+](=O)[O-])c(OC)n3)ccc2c1Cl. The zero-order valence-electron chi connectivity index (χ0n) is 14.6. The quantitative estimate of drug-likeness (QED) is 0.366. The second kappa shape index (κ2) is 7.82. The van der Waals surface area contributed by atoms with Crippen LogP contribution in [-0.4, -0.2) is 40.8 Å². The Bertz CT molecular complexity index is 1090. The van der Waals surface area contributed by atoms with Crippen LogP contribution in [0.1, 0.15) is 9.67 Å². The maximum atomic E-state index is 12.2. The van der Waals surface area contributed by atoms with E-state index in [9.17, 15) is 19.7 Å². The van der Waals surface area contributed by atoms with Gasteiger partial charge in [-0.3, -0.25) is 19.6 Å². The van der Waals surface area contributed by atoms with Crippen LogP contribution in [0.4, 0.5) is 11.4 Å². The Morgan fingerprint density at radius 3 is 2.75 bits per heavy atom. The summed E-state index contributed by atoms with van der Waals surface area (Å²) in [7, 11) is 2.52. The summed E-state index contributed by atoms with van der Waals surface area (Å²) >= 11 is 7.34. The fourth-order valence-corrected chi connectivity index (χ4v) is 3.93. The first-order chi connectivity index (χ1) is 13.3. The zero-order chi connectivity index (χ0) is 20.4. The Labute approximate surface area is 166 Å². The fraction of sp³-hybridized carbons (Fsp3) is 0.188. The lowest BCUT2D eigenvalue weighted by Crippen LogP contribution is -2.19. The fourth-order valence-electron chi connectivity index (χ4n) is 2.46. The van der Waals surface area contributed by atoms with Crippen LogP contribution in [0, 0.1) is 10.1 Å². The topological polar surface area (TPSA) is 126 Å². The van der Waals surface area contributed by atoms with Gasteiger partial charge >= 0.3 is 17.5 Å². The third-order valence-corrected chi connectivity index (χ3v) is 5.33. The molecule has 3 rings (SSSR count). The molecular weight excluding hydrogens is 412 g/mol. The van der Waals surface area contributed by atoms with Crippen molar-refractivity contribution in [3.63, 3.8) is 0 Å². The van der Waals surface area contributed by atoms with E-state index < -0.39 is 16.8 Å². The predicted octanol–water partition coefficient (Wildman–Crippen LogP) is 3.09. The second-order valence-corrected chi connectivity index (χ2v) is 6.90. The molecule has 0 aliphatic rings. The Morgan fingerprint density at radius 2 is 2.14 bits per heavy atom. The van der Waals surface area contributed by atoms with Gasteiger partial charge in [-0.2, -0.15) is 0 Å². The molecular formula is C16H13ClN4O6S. The van der Waals surface area contributed by atoms with Crippen molar-refractivity contribution in [2.75, 3.05) is 19.5 Å². The van der Waals surface area contributed by atoms with Crippen molar-refractivity contribution in [1.82, 2.24) is 9.78 Å². The normalized spacial score (nSPS) is 10.7. The van der Waals surface area contributed by atoms with Gasteiger partial charge in [-0.15, -0.1) is 16.4 Å². The first kappa shape index (κ1) is 19.6. The molecule has 2 aromatic heterocycles. The first-order valence-corrected chi connectivity index (χ1v) is 8.89. The van der Waals surface area contributed by atoms with Crippen LogP contribution in [0.25, 0.3) is 10.1 Å². The summed E-state index contributed by atoms with van der Waals surface area (Å²) in [4.78, 5) is 34.5. The number of anilines is 1. The number of carbonyl (C=O) groups excluding carboxylic acids is 2. The Hall–Kier alpha value is -3.18. The Balaban J connectivity index is 1.78. The van der Waals surface area contributed by atoms with Gasteiger partial charge in [0.1, 0.15) is 17.6 Å². The number of ether oxygens (including phenoxy) is 2. The first-order valence-electron chi connectivity index (χ1n) is 7.70. The number of fused-ring (bicyclic) bond motifs is 1. The molecule has 0 atom stereocenters. The van der Waals surface area contributed by atoms with E-state index in [1.807, 2.05) is 0 Å². The number of nitro groups is 1. The molecule has 0 unspecified atom stereocenters. The molecule has 0 spiro atoms. The molecule has 0 fully saturated rings. The van der Waals surface area contributed by atoms with Gasteiger partial charge < -0.3 is 14.8 Å². The molecule has 0 saturated carbocycles. The monoisotopic (exact) mass is 424 g/mol. The number of rotatable bonds is 6. The molecule has 0 aliphatic heterocycles. The summed E-state index contributed by atoms with van der Waals surface area (Å²) in [6.07, 6.45) is 1.11. The zero-order valence-corrected chi connectivity index (χ0v) is 16.2. The lowest BCUT2D eigenvalue weighted by molar-refractivity contribution is -0.385. The summed E-state index contributed by atoms with van der Waals surface area (Å²) < 4.78 is 11.3. The van der Waals surface area contributed by atoms with Gasteiger partial charge in [0, 0.05) is 15.8 Å². The highest BCUT2D eigenvalue weighted by molar-refractivity contribution is 7.21. The molecule has 3 aromatic rings. The lowest BCUT2D eigenvalue weighted by atomic mass is 10.2. The van der Waals surface area contributed by atoms with E-state index in [4.69, 9.17) is 21.1 Å². The predicted molar refractivity (Wildman–Crippen MR) is 102 cm³/mol. The van der Waals surface area contributed by atoms with Crippen LogP contribution in [0.15, 0.2) is 24.4 Å². The molecule has 0 saturated heterocycles. The van der Waals surface area contributed by atoms with Gasteiger partial charge in [-0.25, -0.2) is 4.79 Å². The number of halogens is 1. The second-order valence-electron chi connectivity index (χ2n) is 5.47. The van der Waals surface area contributed by atoms with Gasteiger partial charge in [-0.1, -0.05) is 11.6 Å². The maximum Gasteiger partial charge on any atom is 0.350 e. The van der Waals surface area contributed by atoms with Crippen molar-refractivity contribution >= 4 is 56.3 Å². The van der Waals surface area contributed by atoms with Crippen LogP contribution in [-0.2, 0) is 16.1 Å². The molecule has 28 heavy (non-hydrogen) atoms. The Kier molecular flexibility index (Phi) is 5.47. The van der Waals surface area contributed by atoms with Crippen molar-refractivity contribution in [2.24, 2.45) is 0 Å². The number of nitrogens with one attached hydrogen (secondary N) is 1. The number of benzene rings is 1. The van der Waals surface area contributed by atoms with Crippen molar-refractivity contribution in [2.45, 2.75) is 6.54 Å². The molecule has 0 bridgehead atoms. The van der Waals surface area contributed by atoms with Crippen LogP contribution in [0.3, 0.4) is 0 Å².